The molecule has 0 fully saturated rings. The van der Waals surface area contributed by atoms with Crippen LogP contribution in [0.15, 0.2) is 66.7 Å². The van der Waals surface area contributed by atoms with Gasteiger partial charge < -0.3 is 15.4 Å². The van der Waals surface area contributed by atoms with Gasteiger partial charge in [0.15, 0.2) is 6.61 Å². The lowest BCUT2D eigenvalue weighted by molar-refractivity contribution is -0.384. The lowest BCUT2D eigenvalue weighted by Crippen LogP contribution is -2.32. The maximum absolute atomic E-state index is 12.0. The van der Waals surface area contributed by atoms with Gasteiger partial charge in [-0.15, -0.1) is 0 Å². The van der Waals surface area contributed by atoms with E-state index in [4.69, 9.17) is 4.74 Å². The van der Waals surface area contributed by atoms with Crippen LogP contribution in [0.25, 0.3) is 10.8 Å². The van der Waals surface area contributed by atoms with Crippen molar-refractivity contribution in [1.29, 1.82) is 0 Å². The van der Waals surface area contributed by atoms with Crippen LogP contribution < -0.4 is 10.6 Å². The molecule has 8 heteroatoms. The minimum absolute atomic E-state index is 0.0133. The Labute approximate surface area is 173 Å². The van der Waals surface area contributed by atoms with Gasteiger partial charge in [-0.3, -0.25) is 19.7 Å². The summed E-state index contributed by atoms with van der Waals surface area (Å²) in [5, 5.41) is 18.4. The summed E-state index contributed by atoms with van der Waals surface area (Å²) < 4.78 is 5.04. The predicted molar refractivity (Wildman–Crippen MR) is 113 cm³/mol. The van der Waals surface area contributed by atoms with Gasteiger partial charge in [0.1, 0.15) is 0 Å². The van der Waals surface area contributed by atoms with E-state index in [1.54, 1.807) is 12.1 Å². The number of esters is 1. The molecule has 30 heavy (non-hydrogen) atoms. The summed E-state index contributed by atoms with van der Waals surface area (Å²) in [5.41, 5.74) is 1.54. The van der Waals surface area contributed by atoms with Crippen molar-refractivity contribution in [2.45, 2.75) is 6.42 Å². The second-order valence-electron chi connectivity index (χ2n) is 6.60. The highest BCUT2D eigenvalue weighted by atomic mass is 16.6. The Balaban J connectivity index is 1.34. The number of carbonyl (C=O) groups is 2. The fourth-order valence-corrected chi connectivity index (χ4v) is 2.87. The lowest BCUT2D eigenvalue weighted by Gasteiger charge is -2.09. The molecule has 8 nitrogen and oxygen atoms in total. The lowest BCUT2D eigenvalue weighted by atomic mass is 10.1. The third-order valence-corrected chi connectivity index (χ3v) is 4.38. The van der Waals surface area contributed by atoms with E-state index in [0.29, 0.717) is 18.8 Å². The number of nitrogens with one attached hydrogen (secondary N) is 2. The number of ether oxygens (including phenoxy) is 1. The smallest absolute Gasteiger partial charge is 0.310 e. The Morgan fingerprint density at radius 3 is 2.40 bits per heavy atom. The number of carbonyl (C=O) groups excluding carboxylic acids is 2. The third kappa shape index (κ3) is 6.03. The van der Waals surface area contributed by atoms with Gasteiger partial charge in [0.05, 0.1) is 11.3 Å². The van der Waals surface area contributed by atoms with Crippen LogP contribution in [0.1, 0.15) is 5.56 Å². The number of nitro groups is 1. The van der Waals surface area contributed by atoms with Crippen LogP contribution in [0.5, 0.6) is 0 Å². The number of anilines is 1. The van der Waals surface area contributed by atoms with Crippen LogP contribution in [-0.4, -0.2) is 36.5 Å². The van der Waals surface area contributed by atoms with Crippen LogP contribution in [0.2, 0.25) is 0 Å². The summed E-state index contributed by atoms with van der Waals surface area (Å²) in [5.74, 6) is -0.864. The van der Waals surface area contributed by atoms with Gasteiger partial charge in [0.2, 0.25) is 0 Å². The molecule has 0 aliphatic carbocycles. The molecule has 0 spiro atoms. The SMILES string of the molecule is O=C(COC(=O)Cc1ccc2ccccc2c1)NCCNc1ccc([N+](=O)[O-])cc1. The largest absolute Gasteiger partial charge is 0.455 e. The van der Waals surface area contributed by atoms with Crippen LogP contribution in [0.4, 0.5) is 11.4 Å². The van der Waals surface area contributed by atoms with Gasteiger partial charge in [0, 0.05) is 30.9 Å². The number of hydrogen-bond acceptors (Lipinski definition) is 6. The molecule has 0 saturated carbocycles. The van der Waals surface area contributed by atoms with Crippen molar-refractivity contribution in [3.63, 3.8) is 0 Å². The number of non-ortho nitro benzene ring substituents is 1. The van der Waals surface area contributed by atoms with Crippen LogP contribution in [0.3, 0.4) is 0 Å². The van der Waals surface area contributed by atoms with Gasteiger partial charge in [-0.2, -0.15) is 0 Å². The Kier molecular flexibility index (Phi) is 6.94. The number of amides is 1. The van der Waals surface area contributed by atoms with Crippen molar-refractivity contribution in [3.05, 3.63) is 82.4 Å². The van der Waals surface area contributed by atoms with Crippen LogP contribution in [-0.2, 0) is 20.7 Å². The van der Waals surface area contributed by atoms with Gasteiger partial charge in [-0.05, 0) is 28.5 Å². The van der Waals surface area contributed by atoms with Crippen molar-refractivity contribution < 1.29 is 19.2 Å². The summed E-state index contributed by atoms with van der Waals surface area (Å²) >= 11 is 0. The molecule has 1 amide bonds. The average Bonchev–Trinajstić information content (AvgIpc) is 2.75. The molecule has 0 aromatic heterocycles. The third-order valence-electron chi connectivity index (χ3n) is 4.38. The average molecular weight is 407 g/mol. The van der Waals surface area contributed by atoms with Crippen molar-refractivity contribution >= 4 is 34.0 Å². The summed E-state index contributed by atoms with van der Waals surface area (Å²) in [6, 6.07) is 19.6. The summed E-state index contributed by atoms with van der Waals surface area (Å²) in [7, 11) is 0. The molecule has 0 heterocycles. The molecule has 0 aliphatic heterocycles. The first-order valence-corrected chi connectivity index (χ1v) is 9.39. The minimum Gasteiger partial charge on any atom is -0.455 e. The van der Waals surface area contributed by atoms with Crippen LogP contribution in [0, 0.1) is 10.1 Å². The number of rotatable bonds is 9. The van der Waals surface area contributed by atoms with Crippen molar-refractivity contribution in [3.8, 4) is 0 Å². The quantitative estimate of drug-likeness (QED) is 0.244. The highest BCUT2D eigenvalue weighted by molar-refractivity contribution is 5.85. The van der Waals surface area contributed by atoms with Crippen molar-refractivity contribution in [2.75, 3.05) is 25.0 Å². The number of hydrogen-bond donors (Lipinski definition) is 2. The maximum atomic E-state index is 12.0. The molecule has 3 aromatic carbocycles. The van der Waals surface area contributed by atoms with Gasteiger partial charge >= 0.3 is 5.97 Å². The number of benzene rings is 3. The second-order valence-corrected chi connectivity index (χ2v) is 6.60. The molecule has 0 aliphatic rings. The number of nitro benzene ring substituents is 1. The topological polar surface area (TPSA) is 111 Å². The van der Waals surface area contributed by atoms with E-state index in [-0.39, 0.29) is 18.7 Å². The van der Waals surface area contributed by atoms with E-state index in [1.807, 2.05) is 42.5 Å². The molecule has 0 atom stereocenters. The normalized spacial score (nSPS) is 10.4. The molecule has 2 N–H and O–H groups in total. The summed E-state index contributed by atoms with van der Waals surface area (Å²) in [6.07, 6.45) is 0.0970. The fourth-order valence-electron chi connectivity index (χ4n) is 2.87. The van der Waals surface area contributed by atoms with Crippen LogP contribution >= 0.6 is 0 Å². The molecule has 3 aromatic rings. The van der Waals surface area contributed by atoms with Gasteiger partial charge in [0.25, 0.3) is 11.6 Å². The van der Waals surface area contributed by atoms with Crippen molar-refractivity contribution in [1.82, 2.24) is 5.32 Å². The Bertz CT molecular complexity index is 1050. The highest BCUT2D eigenvalue weighted by Crippen LogP contribution is 2.16. The number of nitrogens with zero attached hydrogens (tertiary/aromatic N) is 1. The highest BCUT2D eigenvalue weighted by Gasteiger charge is 2.09. The molecule has 0 unspecified atom stereocenters. The summed E-state index contributed by atoms with van der Waals surface area (Å²) in [6.45, 7) is 0.399. The fraction of sp³-hybridized carbons (Fsp3) is 0.182. The van der Waals surface area contributed by atoms with Gasteiger partial charge in [-0.25, -0.2) is 0 Å². The first kappa shape index (κ1) is 20.8. The number of fused-ring (bicyclic) bond motifs is 1. The first-order chi connectivity index (χ1) is 14.5. The first-order valence-electron chi connectivity index (χ1n) is 9.39. The van der Waals surface area contributed by atoms with E-state index in [0.717, 1.165) is 16.3 Å². The Morgan fingerprint density at radius 2 is 1.67 bits per heavy atom. The minimum atomic E-state index is -0.468. The Morgan fingerprint density at radius 1 is 0.933 bits per heavy atom. The van der Waals surface area contributed by atoms with E-state index in [2.05, 4.69) is 10.6 Å². The molecule has 154 valence electrons. The van der Waals surface area contributed by atoms with Gasteiger partial charge in [-0.1, -0.05) is 42.5 Å². The molecule has 0 saturated heterocycles. The second kappa shape index (κ2) is 10.0. The summed E-state index contributed by atoms with van der Waals surface area (Å²) in [4.78, 5) is 33.9. The standard InChI is InChI=1S/C22H21N3O5/c26-21(24-12-11-23-19-7-9-20(10-8-19)25(28)29)15-30-22(27)14-16-5-6-17-3-1-2-4-18(17)13-16/h1-10,13,23H,11-12,14-15H2,(H,24,26). The molecule has 0 radical (unpaired) electrons. The zero-order valence-corrected chi connectivity index (χ0v) is 16.2. The zero-order valence-electron chi connectivity index (χ0n) is 16.2. The predicted octanol–water partition coefficient (Wildman–Crippen LogP) is 3.06. The molecule has 0 bridgehead atoms. The zero-order chi connectivity index (χ0) is 21.3. The monoisotopic (exact) mass is 407 g/mol. The molecular formula is C22H21N3O5. The van der Waals surface area contributed by atoms with Crippen molar-refractivity contribution in [2.24, 2.45) is 0 Å². The molecular weight excluding hydrogens is 386 g/mol. The van der Waals surface area contributed by atoms with E-state index in [1.165, 1.54) is 12.1 Å². The maximum Gasteiger partial charge on any atom is 0.310 e. The van der Waals surface area contributed by atoms with E-state index < -0.39 is 16.8 Å². The molecule has 3 rings (SSSR count). The van der Waals surface area contributed by atoms with E-state index >= 15 is 0 Å². The Hall–Kier alpha value is -3.94. The van der Waals surface area contributed by atoms with E-state index in [9.17, 15) is 19.7 Å².